The van der Waals surface area contributed by atoms with Crippen molar-refractivity contribution in [2.24, 2.45) is 4.99 Å². The maximum absolute atomic E-state index is 10.3. The summed E-state index contributed by atoms with van der Waals surface area (Å²) in [5, 5.41) is 0. The molecule has 0 saturated heterocycles. The number of aldehydes is 1. The summed E-state index contributed by atoms with van der Waals surface area (Å²) in [6.07, 6.45) is 7.74. The molecular weight excluding hydrogens is 188 g/mol. The second-order valence-electron chi connectivity index (χ2n) is 3.23. The molecule has 0 amide bonds. The molecule has 0 atom stereocenters. The molecule has 0 unspecified atom stereocenters. The molecule has 0 bridgehead atoms. The van der Waals surface area contributed by atoms with Gasteiger partial charge >= 0.3 is 0 Å². The molecule has 0 saturated carbocycles. The van der Waals surface area contributed by atoms with Crippen molar-refractivity contribution in [2.45, 2.75) is 26.7 Å². The first-order chi connectivity index (χ1) is 7.26. The predicted molar refractivity (Wildman–Crippen MR) is 65.0 cm³/mol. The first-order valence-electron chi connectivity index (χ1n) is 5.25. The molecule has 0 radical (unpaired) electrons. The normalized spacial score (nSPS) is 11.7. The molecule has 84 valence electrons. The summed E-state index contributed by atoms with van der Waals surface area (Å²) >= 11 is 0. The van der Waals surface area contributed by atoms with Crippen LogP contribution in [-0.2, 0) is 4.79 Å². The Hall–Kier alpha value is -1.38. The van der Waals surface area contributed by atoms with Crippen LogP contribution in [0.2, 0.25) is 0 Å². The van der Waals surface area contributed by atoms with Crippen LogP contribution in [0.4, 0.5) is 0 Å². The van der Waals surface area contributed by atoms with Crippen LogP contribution >= 0.6 is 0 Å². The van der Waals surface area contributed by atoms with E-state index in [-0.39, 0.29) is 0 Å². The van der Waals surface area contributed by atoms with Gasteiger partial charge in [-0.15, -0.1) is 0 Å². The van der Waals surface area contributed by atoms with Gasteiger partial charge in [-0.25, -0.2) is 0 Å². The maximum Gasteiger partial charge on any atom is 0.121 e. The topological polar surface area (TPSA) is 32.7 Å². The van der Waals surface area contributed by atoms with Crippen LogP contribution in [0.3, 0.4) is 0 Å². The number of carbonyl (C=O) groups is 1. The van der Waals surface area contributed by atoms with Gasteiger partial charge in [-0.2, -0.15) is 0 Å². The Labute approximate surface area is 92.2 Å². The van der Waals surface area contributed by atoms with Crippen LogP contribution in [0.25, 0.3) is 0 Å². The number of aliphatic imine (C=N–C) groups is 1. The summed E-state index contributed by atoms with van der Waals surface area (Å²) in [6, 6.07) is 0. The highest BCUT2D eigenvalue weighted by atomic mass is 16.1. The minimum absolute atomic E-state index is 0.573. The largest absolute Gasteiger partial charge is 0.375 e. The summed E-state index contributed by atoms with van der Waals surface area (Å²) < 4.78 is 0. The average Bonchev–Trinajstić information content (AvgIpc) is 2.24. The van der Waals surface area contributed by atoms with Gasteiger partial charge in [-0.1, -0.05) is 13.5 Å². The van der Waals surface area contributed by atoms with Crippen molar-refractivity contribution in [3.63, 3.8) is 0 Å². The first kappa shape index (κ1) is 13.6. The molecule has 0 aromatic heterocycles. The third kappa shape index (κ3) is 6.66. The number of hydrogen-bond donors (Lipinski definition) is 0. The molecule has 0 fully saturated rings. The van der Waals surface area contributed by atoms with Crippen molar-refractivity contribution in [1.82, 2.24) is 4.90 Å². The van der Waals surface area contributed by atoms with Gasteiger partial charge in [0.25, 0.3) is 0 Å². The fourth-order valence-electron chi connectivity index (χ4n) is 1.26. The van der Waals surface area contributed by atoms with Gasteiger partial charge < -0.3 is 9.69 Å². The van der Waals surface area contributed by atoms with Crippen LogP contribution in [-0.4, -0.2) is 30.5 Å². The number of allylic oxidation sites excluding steroid dienone is 2. The molecule has 0 aromatic rings. The van der Waals surface area contributed by atoms with E-state index in [9.17, 15) is 4.79 Å². The third-order valence-electron chi connectivity index (χ3n) is 2.02. The monoisotopic (exact) mass is 208 g/mol. The molecule has 3 heteroatoms. The lowest BCUT2D eigenvalue weighted by atomic mass is 10.3. The molecular formula is C12H20N2O. The van der Waals surface area contributed by atoms with Gasteiger partial charge in [0.05, 0.1) is 0 Å². The van der Waals surface area contributed by atoms with Crippen molar-refractivity contribution < 1.29 is 4.79 Å². The van der Waals surface area contributed by atoms with Crippen molar-refractivity contribution in [2.75, 3.05) is 13.1 Å². The van der Waals surface area contributed by atoms with Crippen LogP contribution in [0.15, 0.2) is 29.5 Å². The molecule has 0 heterocycles. The number of nitrogens with zero attached hydrogens (tertiary/aromatic N) is 2. The molecule has 0 aliphatic heterocycles. The summed E-state index contributed by atoms with van der Waals surface area (Å²) in [6.45, 7) is 9.40. The zero-order chi connectivity index (χ0) is 11.5. The smallest absolute Gasteiger partial charge is 0.121 e. The quantitative estimate of drug-likeness (QED) is 0.453. The molecule has 0 aromatic carbocycles. The van der Waals surface area contributed by atoms with E-state index in [2.05, 4.69) is 23.4 Å². The lowest BCUT2D eigenvalue weighted by Gasteiger charge is -2.23. The minimum Gasteiger partial charge on any atom is -0.375 e. The van der Waals surface area contributed by atoms with Gasteiger partial charge in [0.15, 0.2) is 0 Å². The van der Waals surface area contributed by atoms with E-state index in [0.717, 1.165) is 31.5 Å². The predicted octanol–water partition coefficient (Wildman–Crippen LogP) is 2.41. The van der Waals surface area contributed by atoms with Gasteiger partial charge in [0.1, 0.15) is 6.29 Å². The molecule has 15 heavy (non-hydrogen) atoms. The van der Waals surface area contributed by atoms with E-state index in [1.54, 1.807) is 6.21 Å². The Morgan fingerprint density at radius 1 is 1.47 bits per heavy atom. The summed E-state index contributed by atoms with van der Waals surface area (Å²) in [5.74, 6) is 0. The van der Waals surface area contributed by atoms with Crippen LogP contribution < -0.4 is 0 Å². The fraction of sp³-hybridized carbons (Fsp3) is 0.500. The van der Waals surface area contributed by atoms with Gasteiger partial charge in [-0.05, 0) is 19.4 Å². The Balaban J connectivity index is 4.30. The average molecular weight is 208 g/mol. The second kappa shape index (κ2) is 9.19. The zero-order valence-corrected chi connectivity index (χ0v) is 9.65. The van der Waals surface area contributed by atoms with E-state index in [0.29, 0.717) is 6.42 Å². The minimum atomic E-state index is 0.573. The summed E-state index contributed by atoms with van der Waals surface area (Å²) in [7, 11) is 0. The van der Waals surface area contributed by atoms with Crippen LogP contribution in [0.1, 0.15) is 26.7 Å². The van der Waals surface area contributed by atoms with Gasteiger partial charge in [-0.3, -0.25) is 4.99 Å². The highest BCUT2D eigenvalue weighted by Gasteiger charge is 2.02. The van der Waals surface area contributed by atoms with E-state index in [1.165, 1.54) is 6.20 Å². The Kier molecular flexibility index (Phi) is 8.34. The van der Waals surface area contributed by atoms with E-state index < -0.39 is 0 Å². The maximum atomic E-state index is 10.3. The van der Waals surface area contributed by atoms with Crippen LogP contribution in [0.5, 0.6) is 0 Å². The standard InChI is InChI=1S/C12H20N2O/c1-4-9-14(10-6-11-15)12(3)7-8-13-5-2/h5,7-8,11H,2,4,6,9-10H2,1,3H3/b12-7+,13-8?. The summed E-state index contributed by atoms with van der Waals surface area (Å²) in [4.78, 5) is 16.4. The number of hydrogen-bond acceptors (Lipinski definition) is 3. The first-order valence-corrected chi connectivity index (χ1v) is 5.25. The SMILES string of the molecule is C=CN=C/C=C(\C)N(CCC)CCC=O. The van der Waals surface area contributed by atoms with Gasteiger partial charge in [0, 0.05) is 37.6 Å². The van der Waals surface area contributed by atoms with Crippen molar-refractivity contribution in [3.8, 4) is 0 Å². The van der Waals surface area contributed by atoms with E-state index in [1.807, 2.05) is 13.0 Å². The van der Waals surface area contributed by atoms with Crippen molar-refractivity contribution >= 4 is 12.5 Å². The number of rotatable bonds is 8. The molecule has 0 rings (SSSR count). The van der Waals surface area contributed by atoms with E-state index in [4.69, 9.17) is 0 Å². The van der Waals surface area contributed by atoms with Gasteiger partial charge in [0.2, 0.25) is 0 Å². The van der Waals surface area contributed by atoms with Crippen LogP contribution in [0, 0.1) is 0 Å². The van der Waals surface area contributed by atoms with Crippen molar-refractivity contribution in [3.05, 3.63) is 24.6 Å². The molecule has 0 aliphatic rings. The molecule has 0 N–H and O–H groups in total. The fourth-order valence-corrected chi connectivity index (χ4v) is 1.26. The Bertz CT molecular complexity index is 244. The Morgan fingerprint density at radius 2 is 2.20 bits per heavy atom. The number of carbonyl (C=O) groups excluding carboxylic acids is 1. The molecule has 0 spiro atoms. The molecule has 0 aliphatic carbocycles. The highest BCUT2D eigenvalue weighted by molar-refractivity contribution is 5.72. The molecule has 3 nitrogen and oxygen atoms in total. The van der Waals surface area contributed by atoms with E-state index >= 15 is 0 Å². The Morgan fingerprint density at radius 3 is 2.73 bits per heavy atom. The highest BCUT2D eigenvalue weighted by Crippen LogP contribution is 2.04. The third-order valence-corrected chi connectivity index (χ3v) is 2.02. The lowest BCUT2D eigenvalue weighted by Crippen LogP contribution is -2.24. The lowest BCUT2D eigenvalue weighted by molar-refractivity contribution is -0.108. The zero-order valence-electron chi connectivity index (χ0n) is 9.65. The second-order valence-corrected chi connectivity index (χ2v) is 3.23. The van der Waals surface area contributed by atoms with Crippen molar-refractivity contribution in [1.29, 1.82) is 0 Å². The summed E-state index contributed by atoms with van der Waals surface area (Å²) in [5.41, 5.74) is 1.13.